The van der Waals surface area contributed by atoms with Gasteiger partial charge in [-0.2, -0.15) is 0 Å². The third kappa shape index (κ3) is 2.76. The lowest BCUT2D eigenvalue weighted by molar-refractivity contribution is -0.145. The van der Waals surface area contributed by atoms with Gasteiger partial charge >= 0.3 is 5.97 Å². The summed E-state index contributed by atoms with van der Waals surface area (Å²) in [4.78, 5) is 23.1. The molecule has 0 aliphatic carbocycles. The number of aryl methyl sites for hydroxylation is 1. The maximum atomic E-state index is 11.8. The van der Waals surface area contributed by atoms with Gasteiger partial charge in [0.2, 0.25) is 0 Å². The summed E-state index contributed by atoms with van der Waals surface area (Å²) in [5.41, 5.74) is 0.575. The van der Waals surface area contributed by atoms with Gasteiger partial charge in [-0.3, -0.25) is 4.79 Å². The van der Waals surface area contributed by atoms with Gasteiger partial charge in [0.25, 0.3) is 5.56 Å². The molecule has 2 rings (SSSR count). The highest BCUT2D eigenvalue weighted by Gasteiger charge is 2.09. The first-order chi connectivity index (χ1) is 9.13. The van der Waals surface area contributed by atoms with Gasteiger partial charge < -0.3 is 14.0 Å². The molecule has 0 aliphatic heterocycles. The van der Waals surface area contributed by atoms with E-state index < -0.39 is 5.97 Å². The molecule has 0 spiro atoms. The van der Waals surface area contributed by atoms with Crippen molar-refractivity contribution in [3.8, 4) is 5.75 Å². The van der Waals surface area contributed by atoms with Crippen molar-refractivity contribution >= 4 is 16.9 Å². The summed E-state index contributed by atoms with van der Waals surface area (Å²) in [5.74, 6) is -0.0565. The standard InChI is InChI=1S/C14H15NO4/c1-3-18-14(17)9-19-12-8-13(16)15(2)11-7-5-4-6-10(11)12/h4-8H,3,9H2,1-2H3. The highest BCUT2D eigenvalue weighted by Crippen LogP contribution is 2.22. The maximum absolute atomic E-state index is 11.8. The van der Waals surface area contributed by atoms with E-state index in [1.54, 1.807) is 14.0 Å². The van der Waals surface area contributed by atoms with Gasteiger partial charge in [0.05, 0.1) is 12.1 Å². The lowest BCUT2D eigenvalue weighted by Crippen LogP contribution is -2.19. The van der Waals surface area contributed by atoms with Crippen molar-refractivity contribution in [2.45, 2.75) is 6.92 Å². The van der Waals surface area contributed by atoms with Gasteiger partial charge in [-0.15, -0.1) is 0 Å². The second-order valence-electron chi connectivity index (χ2n) is 4.02. The Morgan fingerprint density at radius 2 is 2.05 bits per heavy atom. The molecule has 0 amide bonds. The molecular formula is C14H15NO4. The topological polar surface area (TPSA) is 57.5 Å². The molecule has 0 radical (unpaired) electrons. The number of hydrogen-bond donors (Lipinski definition) is 0. The number of aromatic nitrogens is 1. The molecule has 1 heterocycles. The molecule has 0 saturated carbocycles. The molecule has 0 atom stereocenters. The lowest BCUT2D eigenvalue weighted by Gasteiger charge is -2.11. The Morgan fingerprint density at radius 1 is 1.32 bits per heavy atom. The molecule has 19 heavy (non-hydrogen) atoms. The van der Waals surface area contributed by atoms with Crippen molar-refractivity contribution in [3.63, 3.8) is 0 Å². The fraction of sp³-hybridized carbons (Fsp3) is 0.286. The highest BCUT2D eigenvalue weighted by atomic mass is 16.6. The van der Waals surface area contributed by atoms with Gasteiger partial charge in [-0.25, -0.2) is 4.79 Å². The van der Waals surface area contributed by atoms with E-state index in [0.29, 0.717) is 12.4 Å². The molecule has 5 nitrogen and oxygen atoms in total. The molecule has 1 aromatic carbocycles. The maximum Gasteiger partial charge on any atom is 0.344 e. The number of fused-ring (bicyclic) bond motifs is 1. The predicted octanol–water partition coefficient (Wildman–Crippen LogP) is 1.48. The Hall–Kier alpha value is -2.30. The lowest BCUT2D eigenvalue weighted by atomic mass is 10.2. The summed E-state index contributed by atoms with van der Waals surface area (Å²) < 4.78 is 11.7. The first-order valence-electron chi connectivity index (χ1n) is 6.00. The third-order valence-corrected chi connectivity index (χ3v) is 2.77. The first kappa shape index (κ1) is 13.1. The summed E-state index contributed by atoms with van der Waals surface area (Å²) in [6, 6.07) is 8.74. The van der Waals surface area contributed by atoms with Crippen LogP contribution in [0, 0.1) is 0 Å². The Bertz CT molecular complexity index is 660. The smallest absolute Gasteiger partial charge is 0.344 e. The van der Waals surface area contributed by atoms with Crippen LogP contribution in [0.15, 0.2) is 35.1 Å². The number of hydrogen-bond acceptors (Lipinski definition) is 4. The van der Waals surface area contributed by atoms with E-state index >= 15 is 0 Å². The molecule has 100 valence electrons. The number of para-hydroxylation sites is 1. The molecule has 0 fully saturated rings. The second kappa shape index (κ2) is 5.56. The number of benzene rings is 1. The van der Waals surface area contributed by atoms with Crippen LogP contribution < -0.4 is 10.3 Å². The van der Waals surface area contributed by atoms with Crippen LogP contribution in [0.25, 0.3) is 10.9 Å². The summed E-state index contributed by atoms with van der Waals surface area (Å²) in [5, 5.41) is 0.786. The van der Waals surface area contributed by atoms with E-state index in [2.05, 4.69) is 0 Å². The average Bonchev–Trinajstić information content (AvgIpc) is 2.42. The number of carbonyl (C=O) groups excluding carboxylic acids is 1. The first-order valence-corrected chi connectivity index (χ1v) is 6.00. The van der Waals surface area contributed by atoms with Gasteiger partial charge in [0, 0.05) is 18.5 Å². The zero-order valence-electron chi connectivity index (χ0n) is 10.9. The molecule has 0 unspecified atom stereocenters. The van der Waals surface area contributed by atoms with Gasteiger partial charge in [-0.1, -0.05) is 12.1 Å². The summed E-state index contributed by atoms with van der Waals surface area (Å²) in [6.45, 7) is 1.83. The summed E-state index contributed by atoms with van der Waals surface area (Å²) >= 11 is 0. The number of nitrogens with zero attached hydrogens (tertiary/aromatic N) is 1. The van der Waals surface area contributed by atoms with Gasteiger partial charge in [-0.05, 0) is 19.1 Å². The SMILES string of the molecule is CCOC(=O)COc1cc(=O)n(C)c2ccccc12. The minimum atomic E-state index is -0.452. The van der Waals surface area contributed by atoms with Crippen LogP contribution in [0.5, 0.6) is 5.75 Å². The monoisotopic (exact) mass is 261 g/mol. The van der Waals surface area contributed by atoms with E-state index in [0.717, 1.165) is 10.9 Å². The van der Waals surface area contributed by atoms with Crippen LogP contribution in [0.1, 0.15) is 6.92 Å². The number of esters is 1. The van der Waals surface area contributed by atoms with Crippen molar-refractivity contribution in [2.24, 2.45) is 7.05 Å². The van der Waals surface area contributed by atoms with Crippen molar-refractivity contribution in [3.05, 3.63) is 40.7 Å². The van der Waals surface area contributed by atoms with Crippen LogP contribution in [-0.4, -0.2) is 23.8 Å². The number of ether oxygens (including phenoxy) is 2. The second-order valence-corrected chi connectivity index (χ2v) is 4.02. The van der Waals surface area contributed by atoms with Gasteiger partial charge in [0.1, 0.15) is 5.75 Å². The van der Waals surface area contributed by atoms with E-state index in [4.69, 9.17) is 9.47 Å². The van der Waals surface area contributed by atoms with Gasteiger partial charge in [0.15, 0.2) is 6.61 Å². The molecule has 1 aromatic heterocycles. The molecule has 5 heteroatoms. The summed E-state index contributed by atoms with van der Waals surface area (Å²) in [7, 11) is 1.69. The van der Waals surface area contributed by atoms with E-state index in [1.165, 1.54) is 10.6 Å². The Kier molecular flexibility index (Phi) is 3.85. The van der Waals surface area contributed by atoms with Crippen molar-refractivity contribution in [2.75, 3.05) is 13.2 Å². The summed E-state index contributed by atoms with van der Waals surface area (Å²) in [6.07, 6.45) is 0. The minimum absolute atomic E-state index is 0.183. The average molecular weight is 261 g/mol. The zero-order chi connectivity index (χ0) is 13.8. The minimum Gasteiger partial charge on any atom is -0.481 e. The number of rotatable bonds is 4. The van der Waals surface area contributed by atoms with E-state index in [9.17, 15) is 9.59 Å². The zero-order valence-corrected chi connectivity index (χ0v) is 10.9. The van der Waals surface area contributed by atoms with Crippen LogP contribution in [0.3, 0.4) is 0 Å². The van der Waals surface area contributed by atoms with E-state index in [1.807, 2.05) is 24.3 Å². The van der Waals surface area contributed by atoms with Crippen LogP contribution in [-0.2, 0) is 16.6 Å². The molecule has 0 saturated heterocycles. The molecule has 0 aliphatic rings. The predicted molar refractivity (Wildman–Crippen MR) is 71.3 cm³/mol. The fourth-order valence-electron chi connectivity index (χ4n) is 1.84. The van der Waals surface area contributed by atoms with Crippen molar-refractivity contribution in [1.82, 2.24) is 4.57 Å². The molecule has 0 bridgehead atoms. The van der Waals surface area contributed by atoms with Crippen LogP contribution in [0.2, 0.25) is 0 Å². The Labute approximate surface area is 110 Å². The normalized spacial score (nSPS) is 10.4. The van der Waals surface area contributed by atoms with Crippen molar-refractivity contribution in [1.29, 1.82) is 0 Å². The quantitative estimate of drug-likeness (QED) is 0.782. The van der Waals surface area contributed by atoms with Crippen LogP contribution in [0.4, 0.5) is 0 Å². The highest BCUT2D eigenvalue weighted by molar-refractivity contribution is 5.85. The third-order valence-electron chi connectivity index (χ3n) is 2.77. The number of carbonyl (C=O) groups is 1. The molecular weight excluding hydrogens is 246 g/mol. The Morgan fingerprint density at radius 3 is 2.79 bits per heavy atom. The molecule has 0 N–H and O–H groups in total. The van der Waals surface area contributed by atoms with Crippen molar-refractivity contribution < 1.29 is 14.3 Å². The Balaban J connectivity index is 2.36. The molecule has 2 aromatic rings. The van der Waals surface area contributed by atoms with Crippen LogP contribution >= 0.6 is 0 Å². The van der Waals surface area contributed by atoms with E-state index in [-0.39, 0.29) is 12.2 Å². The fourth-order valence-corrected chi connectivity index (χ4v) is 1.84. The largest absolute Gasteiger partial charge is 0.481 e. The number of pyridine rings is 1.